The van der Waals surface area contributed by atoms with Crippen molar-refractivity contribution in [1.82, 2.24) is 14.8 Å². The number of halogens is 1. The molecule has 0 saturated carbocycles. The van der Waals surface area contributed by atoms with Gasteiger partial charge >= 0.3 is 0 Å². The van der Waals surface area contributed by atoms with Crippen LogP contribution in [0.4, 0.5) is 0 Å². The SMILES string of the molecule is Cc1cc(Cl)ccc1OCC(=O)N1CCN(Cc2nc3ccccc3s2)CC1. The Morgan fingerprint density at radius 1 is 1.18 bits per heavy atom. The van der Waals surface area contributed by atoms with Crippen molar-refractivity contribution in [2.24, 2.45) is 0 Å². The van der Waals surface area contributed by atoms with Crippen molar-refractivity contribution in [3.8, 4) is 5.75 Å². The van der Waals surface area contributed by atoms with Crippen molar-refractivity contribution >= 4 is 39.1 Å². The number of rotatable bonds is 5. The lowest BCUT2D eigenvalue weighted by molar-refractivity contribution is -0.135. The van der Waals surface area contributed by atoms with Gasteiger partial charge in [0, 0.05) is 31.2 Å². The van der Waals surface area contributed by atoms with Crippen LogP contribution in [0.5, 0.6) is 5.75 Å². The van der Waals surface area contributed by atoms with E-state index in [0.717, 1.165) is 35.7 Å². The second-order valence-electron chi connectivity index (χ2n) is 6.93. The van der Waals surface area contributed by atoms with Gasteiger partial charge < -0.3 is 9.64 Å². The van der Waals surface area contributed by atoms with Crippen LogP contribution in [0.25, 0.3) is 10.2 Å². The van der Waals surface area contributed by atoms with Crippen LogP contribution in [-0.2, 0) is 11.3 Å². The number of ether oxygens (including phenoxy) is 1. The summed E-state index contributed by atoms with van der Waals surface area (Å²) in [5.74, 6) is 0.723. The van der Waals surface area contributed by atoms with Gasteiger partial charge in [0.05, 0.1) is 16.8 Å². The molecule has 0 bridgehead atoms. The summed E-state index contributed by atoms with van der Waals surface area (Å²) >= 11 is 7.70. The molecular weight excluding hydrogens is 394 g/mol. The predicted octanol–water partition coefficient (Wildman–Crippen LogP) is 3.98. The number of benzene rings is 2. The van der Waals surface area contributed by atoms with E-state index in [1.165, 1.54) is 4.70 Å². The molecule has 28 heavy (non-hydrogen) atoms. The summed E-state index contributed by atoms with van der Waals surface area (Å²) in [6, 6.07) is 13.6. The van der Waals surface area contributed by atoms with Gasteiger partial charge in [0.2, 0.25) is 0 Å². The second kappa shape index (κ2) is 8.47. The van der Waals surface area contributed by atoms with Crippen LogP contribution in [0.3, 0.4) is 0 Å². The fourth-order valence-electron chi connectivity index (χ4n) is 3.34. The van der Waals surface area contributed by atoms with Crippen LogP contribution in [0.15, 0.2) is 42.5 Å². The molecule has 146 valence electrons. The largest absolute Gasteiger partial charge is 0.483 e. The third kappa shape index (κ3) is 4.46. The number of nitrogens with zero attached hydrogens (tertiary/aromatic N) is 3. The Labute approximate surface area is 173 Å². The van der Waals surface area contributed by atoms with E-state index in [1.54, 1.807) is 23.5 Å². The van der Waals surface area contributed by atoms with Crippen LogP contribution in [-0.4, -0.2) is 53.5 Å². The number of carbonyl (C=O) groups excluding carboxylic acids is 1. The Morgan fingerprint density at radius 2 is 1.96 bits per heavy atom. The summed E-state index contributed by atoms with van der Waals surface area (Å²) in [7, 11) is 0. The average molecular weight is 416 g/mol. The molecule has 2 heterocycles. The maximum absolute atomic E-state index is 12.5. The van der Waals surface area contributed by atoms with Crippen molar-refractivity contribution in [1.29, 1.82) is 0 Å². The van der Waals surface area contributed by atoms with Crippen LogP contribution >= 0.6 is 22.9 Å². The predicted molar refractivity (Wildman–Crippen MR) is 113 cm³/mol. The van der Waals surface area contributed by atoms with Gasteiger partial charge in [-0.15, -0.1) is 11.3 Å². The Bertz CT molecular complexity index is 950. The Balaban J connectivity index is 1.26. The van der Waals surface area contributed by atoms with Gasteiger partial charge in [-0.1, -0.05) is 23.7 Å². The topological polar surface area (TPSA) is 45.7 Å². The Morgan fingerprint density at radius 3 is 2.71 bits per heavy atom. The summed E-state index contributed by atoms with van der Waals surface area (Å²) in [6.07, 6.45) is 0. The molecule has 0 atom stereocenters. The molecule has 1 saturated heterocycles. The first-order valence-electron chi connectivity index (χ1n) is 9.32. The Hall–Kier alpha value is -2.15. The maximum atomic E-state index is 12.5. The summed E-state index contributed by atoms with van der Waals surface area (Å²) < 4.78 is 6.91. The minimum Gasteiger partial charge on any atom is -0.483 e. The first-order valence-corrected chi connectivity index (χ1v) is 10.5. The molecule has 1 aromatic heterocycles. The fourth-order valence-corrected chi connectivity index (χ4v) is 4.58. The van der Waals surface area contributed by atoms with Gasteiger partial charge in [0.25, 0.3) is 5.91 Å². The number of fused-ring (bicyclic) bond motifs is 1. The summed E-state index contributed by atoms with van der Waals surface area (Å²) in [5, 5.41) is 1.79. The highest BCUT2D eigenvalue weighted by Gasteiger charge is 2.22. The van der Waals surface area contributed by atoms with E-state index in [9.17, 15) is 4.79 Å². The van der Waals surface area contributed by atoms with Gasteiger partial charge in [0.15, 0.2) is 6.61 Å². The lowest BCUT2D eigenvalue weighted by Gasteiger charge is -2.34. The highest BCUT2D eigenvalue weighted by molar-refractivity contribution is 7.18. The van der Waals surface area contributed by atoms with Crippen LogP contribution in [0.1, 0.15) is 10.6 Å². The van der Waals surface area contributed by atoms with E-state index in [4.69, 9.17) is 21.3 Å². The first-order chi connectivity index (χ1) is 13.6. The molecule has 1 aliphatic rings. The van der Waals surface area contributed by atoms with E-state index in [1.807, 2.05) is 36.1 Å². The number of para-hydroxylation sites is 1. The number of aromatic nitrogens is 1. The molecule has 0 unspecified atom stereocenters. The number of hydrogen-bond acceptors (Lipinski definition) is 5. The molecule has 7 heteroatoms. The maximum Gasteiger partial charge on any atom is 0.260 e. The smallest absolute Gasteiger partial charge is 0.260 e. The monoisotopic (exact) mass is 415 g/mol. The minimum atomic E-state index is 0.0222. The van der Waals surface area contributed by atoms with Crippen molar-refractivity contribution in [2.75, 3.05) is 32.8 Å². The van der Waals surface area contributed by atoms with Crippen LogP contribution in [0.2, 0.25) is 5.02 Å². The number of carbonyl (C=O) groups is 1. The van der Waals surface area contributed by atoms with Crippen LogP contribution in [0, 0.1) is 6.92 Å². The standard InChI is InChI=1S/C21H22ClN3O2S/c1-15-12-16(22)6-7-18(15)27-14-21(26)25-10-8-24(9-11-25)13-20-23-17-4-2-3-5-19(17)28-20/h2-7,12H,8-11,13-14H2,1H3. The molecule has 1 fully saturated rings. The van der Waals surface area contributed by atoms with Gasteiger partial charge in [-0.05, 0) is 42.8 Å². The van der Waals surface area contributed by atoms with Crippen LogP contribution < -0.4 is 4.74 Å². The third-order valence-corrected chi connectivity index (χ3v) is 6.17. The molecule has 0 radical (unpaired) electrons. The molecular formula is C21H22ClN3O2S. The van der Waals surface area contributed by atoms with E-state index in [-0.39, 0.29) is 12.5 Å². The van der Waals surface area contributed by atoms with Crippen molar-refractivity contribution < 1.29 is 9.53 Å². The molecule has 1 amide bonds. The normalized spacial score (nSPS) is 15.1. The molecule has 0 spiro atoms. The lowest BCUT2D eigenvalue weighted by atomic mass is 10.2. The van der Waals surface area contributed by atoms with E-state index < -0.39 is 0 Å². The highest BCUT2D eigenvalue weighted by Crippen LogP contribution is 2.23. The average Bonchev–Trinajstić information content (AvgIpc) is 3.10. The van der Waals surface area contributed by atoms with Crippen molar-refractivity contribution in [2.45, 2.75) is 13.5 Å². The van der Waals surface area contributed by atoms with Gasteiger partial charge in [-0.25, -0.2) is 4.98 Å². The number of aryl methyl sites for hydroxylation is 1. The summed E-state index contributed by atoms with van der Waals surface area (Å²) in [5.41, 5.74) is 1.99. The first kappa shape index (κ1) is 19.2. The third-order valence-electron chi connectivity index (χ3n) is 4.91. The quantitative estimate of drug-likeness (QED) is 0.632. The van der Waals surface area contributed by atoms with Gasteiger partial charge in [-0.3, -0.25) is 9.69 Å². The van der Waals surface area contributed by atoms with E-state index in [2.05, 4.69) is 11.0 Å². The fraction of sp³-hybridized carbons (Fsp3) is 0.333. The summed E-state index contributed by atoms with van der Waals surface area (Å²) in [4.78, 5) is 21.4. The molecule has 5 nitrogen and oxygen atoms in total. The van der Waals surface area contributed by atoms with Crippen molar-refractivity contribution in [3.63, 3.8) is 0 Å². The zero-order chi connectivity index (χ0) is 19.5. The number of hydrogen-bond donors (Lipinski definition) is 0. The molecule has 3 aromatic rings. The van der Waals surface area contributed by atoms with Gasteiger partial charge in [0.1, 0.15) is 10.8 Å². The minimum absolute atomic E-state index is 0.0222. The highest BCUT2D eigenvalue weighted by atomic mass is 35.5. The second-order valence-corrected chi connectivity index (χ2v) is 8.48. The zero-order valence-electron chi connectivity index (χ0n) is 15.7. The van der Waals surface area contributed by atoms with Crippen molar-refractivity contribution in [3.05, 3.63) is 58.1 Å². The molecule has 0 aliphatic carbocycles. The summed E-state index contributed by atoms with van der Waals surface area (Å²) in [6.45, 7) is 5.94. The molecule has 1 aliphatic heterocycles. The van der Waals surface area contributed by atoms with Gasteiger partial charge in [-0.2, -0.15) is 0 Å². The Kier molecular flexibility index (Phi) is 5.80. The van der Waals surface area contributed by atoms with E-state index >= 15 is 0 Å². The molecule has 4 rings (SSSR count). The zero-order valence-corrected chi connectivity index (χ0v) is 17.3. The number of amides is 1. The molecule has 0 N–H and O–H groups in total. The molecule has 2 aromatic carbocycles. The number of piperazine rings is 1. The number of thiazole rings is 1. The lowest BCUT2D eigenvalue weighted by Crippen LogP contribution is -2.49. The van der Waals surface area contributed by atoms with E-state index in [0.29, 0.717) is 23.9 Å².